The van der Waals surface area contributed by atoms with E-state index >= 15 is 0 Å². The first-order valence-corrected chi connectivity index (χ1v) is 6.68. The van der Waals surface area contributed by atoms with E-state index in [1.165, 1.54) is 6.07 Å². The zero-order chi connectivity index (χ0) is 14.2. The fourth-order valence-electron chi connectivity index (χ4n) is 1.94. The lowest BCUT2D eigenvalue weighted by atomic mass is 9.98. The van der Waals surface area contributed by atoms with Crippen molar-refractivity contribution in [2.75, 3.05) is 0 Å². The van der Waals surface area contributed by atoms with Gasteiger partial charge < -0.3 is 0 Å². The lowest BCUT2D eigenvalue weighted by Crippen LogP contribution is -2.03. The fraction of sp³-hybridized carbons (Fsp3) is 0.200. The lowest BCUT2D eigenvalue weighted by molar-refractivity contribution is 0.442. The summed E-state index contributed by atoms with van der Waals surface area (Å²) in [6.45, 7) is 3.81. The molecule has 0 heterocycles. The first kappa shape index (κ1) is 14.1. The smallest absolute Gasteiger partial charge is 0.194 e. The molecule has 19 heavy (non-hydrogen) atoms. The van der Waals surface area contributed by atoms with Crippen LogP contribution in [0.15, 0.2) is 30.3 Å². The van der Waals surface area contributed by atoms with Crippen molar-refractivity contribution >= 4 is 15.9 Å². The summed E-state index contributed by atoms with van der Waals surface area (Å²) < 4.78 is 40.0. The molecule has 0 aromatic heterocycles. The van der Waals surface area contributed by atoms with Gasteiger partial charge in [0.2, 0.25) is 0 Å². The van der Waals surface area contributed by atoms with Crippen LogP contribution >= 0.6 is 15.9 Å². The summed E-state index contributed by atoms with van der Waals surface area (Å²) in [4.78, 5) is -0.512. The first-order chi connectivity index (χ1) is 8.91. The largest absolute Gasteiger partial charge is 0.204 e. The summed E-state index contributed by atoms with van der Waals surface area (Å²) >= 11 is 3.36. The molecule has 0 aliphatic rings. The highest BCUT2D eigenvalue weighted by molar-refractivity contribution is 9.09. The second kappa shape index (κ2) is 5.37. The molecule has 1 atom stereocenters. The van der Waals surface area contributed by atoms with Crippen LogP contribution in [0.4, 0.5) is 13.2 Å². The van der Waals surface area contributed by atoms with Crippen molar-refractivity contribution in [3.8, 4) is 0 Å². The van der Waals surface area contributed by atoms with E-state index < -0.39 is 22.3 Å². The molecule has 0 aliphatic heterocycles. The van der Waals surface area contributed by atoms with Gasteiger partial charge in [0.05, 0.1) is 4.83 Å². The minimum Gasteiger partial charge on any atom is -0.204 e. The molecule has 2 aromatic carbocycles. The summed E-state index contributed by atoms with van der Waals surface area (Å²) in [6.07, 6.45) is 0. The van der Waals surface area contributed by atoms with Crippen molar-refractivity contribution in [2.45, 2.75) is 18.7 Å². The number of hydrogen-bond donors (Lipinski definition) is 0. The van der Waals surface area contributed by atoms with Crippen molar-refractivity contribution in [3.05, 3.63) is 70.0 Å². The Kier molecular flexibility index (Phi) is 3.99. The second-order valence-electron chi connectivity index (χ2n) is 4.49. The molecule has 4 heteroatoms. The van der Waals surface area contributed by atoms with Gasteiger partial charge in [0.1, 0.15) is 0 Å². The third-order valence-corrected chi connectivity index (χ3v) is 4.03. The van der Waals surface area contributed by atoms with E-state index in [1.807, 2.05) is 32.0 Å². The van der Waals surface area contributed by atoms with Crippen molar-refractivity contribution in [2.24, 2.45) is 0 Å². The molecule has 0 spiro atoms. The topological polar surface area (TPSA) is 0 Å². The molecule has 0 nitrogen and oxygen atoms in total. The standard InChI is InChI=1S/C15H12BrF3/c1-8-3-4-9(2)11(7-8)13(16)10-5-6-12(17)15(19)14(10)18/h3-7,13H,1-2H3. The third kappa shape index (κ3) is 2.68. The molecule has 0 aliphatic carbocycles. The van der Waals surface area contributed by atoms with Crippen LogP contribution in [-0.4, -0.2) is 0 Å². The second-order valence-corrected chi connectivity index (χ2v) is 5.40. The van der Waals surface area contributed by atoms with Gasteiger partial charge in [0.15, 0.2) is 17.5 Å². The molecule has 0 fully saturated rings. The third-order valence-electron chi connectivity index (χ3n) is 3.05. The summed E-state index contributed by atoms with van der Waals surface area (Å²) in [5, 5.41) is 0. The maximum Gasteiger partial charge on any atom is 0.194 e. The molecule has 0 radical (unpaired) electrons. The van der Waals surface area contributed by atoms with Gasteiger partial charge in [-0.3, -0.25) is 0 Å². The van der Waals surface area contributed by atoms with Crippen LogP contribution in [0.2, 0.25) is 0 Å². The van der Waals surface area contributed by atoms with Gasteiger partial charge in [-0.15, -0.1) is 0 Å². The maximum atomic E-state index is 13.8. The normalized spacial score (nSPS) is 12.5. The Morgan fingerprint density at radius 2 is 1.58 bits per heavy atom. The Labute approximate surface area is 118 Å². The predicted molar refractivity (Wildman–Crippen MR) is 73.0 cm³/mol. The molecule has 0 bridgehead atoms. The van der Waals surface area contributed by atoms with Crippen LogP contribution in [0, 0.1) is 31.3 Å². The quantitative estimate of drug-likeness (QED) is 0.524. The van der Waals surface area contributed by atoms with Gasteiger partial charge in [-0.25, -0.2) is 13.2 Å². The van der Waals surface area contributed by atoms with Crippen molar-refractivity contribution in [3.63, 3.8) is 0 Å². The van der Waals surface area contributed by atoms with Crippen LogP contribution < -0.4 is 0 Å². The Balaban J connectivity index is 2.53. The molecule has 1 unspecified atom stereocenters. The minimum absolute atomic E-state index is 0.0904. The van der Waals surface area contributed by atoms with Crippen LogP contribution in [0.1, 0.15) is 27.1 Å². The number of aryl methyl sites for hydroxylation is 2. The molecule has 0 N–H and O–H groups in total. The fourth-order valence-corrected chi connectivity index (χ4v) is 2.78. The maximum absolute atomic E-state index is 13.8. The van der Waals surface area contributed by atoms with E-state index in [2.05, 4.69) is 15.9 Å². The van der Waals surface area contributed by atoms with Gasteiger partial charge in [-0.2, -0.15) is 0 Å². The summed E-state index contributed by atoms with van der Waals surface area (Å²) in [5.41, 5.74) is 2.90. The van der Waals surface area contributed by atoms with Crippen LogP contribution in [0.25, 0.3) is 0 Å². The Hall–Kier alpha value is -1.29. The zero-order valence-corrected chi connectivity index (χ0v) is 12.1. The SMILES string of the molecule is Cc1ccc(C)c(C(Br)c2ccc(F)c(F)c2F)c1. The van der Waals surface area contributed by atoms with E-state index in [9.17, 15) is 13.2 Å². The van der Waals surface area contributed by atoms with Gasteiger partial charge >= 0.3 is 0 Å². The first-order valence-electron chi connectivity index (χ1n) is 5.76. The molecule has 0 amide bonds. The van der Waals surface area contributed by atoms with E-state index in [4.69, 9.17) is 0 Å². The minimum atomic E-state index is -1.44. The molecular weight excluding hydrogens is 317 g/mol. The zero-order valence-electron chi connectivity index (χ0n) is 10.5. The van der Waals surface area contributed by atoms with Crippen molar-refractivity contribution < 1.29 is 13.2 Å². The summed E-state index contributed by atoms with van der Waals surface area (Å²) in [7, 11) is 0. The number of benzene rings is 2. The van der Waals surface area contributed by atoms with E-state index in [-0.39, 0.29) is 5.56 Å². The Bertz CT molecular complexity index is 623. The molecule has 0 saturated heterocycles. The number of alkyl halides is 1. The van der Waals surface area contributed by atoms with Crippen molar-refractivity contribution in [1.82, 2.24) is 0 Å². The molecule has 2 rings (SSSR count). The van der Waals surface area contributed by atoms with Crippen LogP contribution in [0.3, 0.4) is 0 Å². The number of rotatable bonds is 2. The Morgan fingerprint density at radius 3 is 2.26 bits per heavy atom. The van der Waals surface area contributed by atoms with E-state index in [0.29, 0.717) is 0 Å². The predicted octanol–water partition coefficient (Wildman–Crippen LogP) is 5.21. The Morgan fingerprint density at radius 1 is 0.895 bits per heavy atom. The molecule has 100 valence electrons. The van der Waals surface area contributed by atoms with Gasteiger partial charge in [-0.1, -0.05) is 45.8 Å². The number of hydrogen-bond acceptors (Lipinski definition) is 0. The highest BCUT2D eigenvalue weighted by atomic mass is 79.9. The summed E-state index contributed by atoms with van der Waals surface area (Å²) in [5.74, 6) is -3.77. The van der Waals surface area contributed by atoms with Gasteiger partial charge in [-0.05, 0) is 31.0 Å². The van der Waals surface area contributed by atoms with Gasteiger partial charge in [0.25, 0.3) is 0 Å². The number of halogens is 4. The van der Waals surface area contributed by atoms with Crippen molar-refractivity contribution in [1.29, 1.82) is 0 Å². The molecule has 2 aromatic rings. The monoisotopic (exact) mass is 328 g/mol. The van der Waals surface area contributed by atoms with Gasteiger partial charge in [0, 0.05) is 5.56 Å². The summed E-state index contributed by atoms with van der Waals surface area (Å²) in [6, 6.07) is 7.95. The average Bonchev–Trinajstić information content (AvgIpc) is 2.38. The van der Waals surface area contributed by atoms with Crippen LogP contribution in [0.5, 0.6) is 0 Å². The molecule has 0 saturated carbocycles. The lowest BCUT2D eigenvalue weighted by Gasteiger charge is -2.15. The van der Waals surface area contributed by atoms with Crippen LogP contribution in [-0.2, 0) is 0 Å². The average molecular weight is 329 g/mol. The highest BCUT2D eigenvalue weighted by Gasteiger charge is 2.21. The molecular formula is C15H12BrF3. The highest BCUT2D eigenvalue weighted by Crippen LogP contribution is 2.35. The van der Waals surface area contributed by atoms with E-state index in [1.54, 1.807) is 0 Å². The van der Waals surface area contributed by atoms with E-state index in [0.717, 1.165) is 22.8 Å².